The summed E-state index contributed by atoms with van der Waals surface area (Å²) in [6.07, 6.45) is 1.65. The molecule has 0 spiro atoms. The minimum Gasteiger partial charge on any atom is -0.375 e. The van der Waals surface area contributed by atoms with Crippen molar-refractivity contribution in [1.82, 2.24) is 14.7 Å². The van der Waals surface area contributed by atoms with Crippen molar-refractivity contribution in [2.24, 2.45) is 0 Å². The van der Waals surface area contributed by atoms with Gasteiger partial charge in [-0.05, 0) is 13.0 Å². The zero-order chi connectivity index (χ0) is 14.8. The number of hydrogen-bond donors (Lipinski definition) is 0. The summed E-state index contributed by atoms with van der Waals surface area (Å²) >= 11 is 0. The maximum atomic E-state index is 12.3. The molecule has 1 unspecified atom stereocenters. The van der Waals surface area contributed by atoms with Gasteiger partial charge >= 0.3 is 0 Å². The van der Waals surface area contributed by atoms with E-state index in [0.29, 0.717) is 25.1 Å². The molecule has 0 bridgehead atoms. The topological polar surface area (TPSA) is 64.4 Å². The number of benzene rings is 1. The summed E-state index contributed by atoms with van der Waals surface area (Å²) in [5, 5.41) is 5.45. The van der Waals surface area contributed by atoms with E-state index in [-0.39, 0.29) is 24.1 Å². The Morgan fingerprint density at radius 3 is 3.05 bits per heavy atom. The Hall–Kier alpha value is -2.21. The van der Waals surface area contributed by atoms with Crippen LogP contribution in [0.15, 0.2) is 35.3 Å². The van der Waals surface area contributed by atoms with E-state index in [2.05, 4.69) is 5.10 Å². The highest BCUT2D eigenvalue weighted by atomic mass is 16.5. The Labute approximate surface area is 121 Å². The van der Waals surface area contributed by atoms with Crippen LogP contribution in [0.2, 0.25) is 0 Å². The SMILES string of the molecule is CC1CN(C(=O)Cn2ncc3ccccc3c2=O)CCO1. The van der Waals surface area contributed by atoms with Gasteiger partial charge in [0.1, 0.15) is 6.54 Å². The van der Waals surface area contributed by atoms with Crippen molar-refractivity contribution >= 4 is 16.7 Å². The van der Waals surface area contributed by atoms with E-state index >= 15 is 0 Å². The van der Waals surface area contributed by atoms with E-state index < -0.39 is 0 Å². The second kappa shape index (κ2) is 5.65. The molecular formula is C15H17N3O3. The molecule has 6 heteroatoms. The van der Waals surface area contributed by atoms with Gasteiger partial charge in [-0.3, -0.25) is 9.59 Å². The van der Waals surface area contributed by atoms with Crippen molar-refractivity contribution in [2.45, 2.75) is 19.6 Å². The lowest BCUT2D eigenvalue weighted by molar-refractivity contribution is -0.139. The van der Waals surface area contributed by atoms with Crippen LogP contribution in [0.5, 0.6) is 0 Å². The van der Waals surface area contributed by atoms with E-state index in [1.54, 1.807) is 23.2 Å². The molecule has 21 heavy (non-hydrogen) atoms. The number of amides is 1. The minimum atomic E-state index is -0.234. The Morgan fingerprint density at radius 2 is 2.24 bits per heavy atom. The molecule has 3 rings (SSSR count). The summed E-state index contributed by atoms with van der Waals surface area (Å²) in [4.78, 5) is 26.3. The molecule has 6 nitrogen and oxygen atoms in total. The van der Waals surface area contributed by atoms with Crippen LogP contribution in [0.25, 0.3) is 10.8 Å². The van der Waals surface area contributed by atoms with Gasteiger partial charge in [-0.25, -0.2) is 4.68 Å². The summed E-state index contributed by atoms with van der Waals surface area (Å²) < 4.78 is 6.64. The molecule has 1 fully saturated rings. The second-order valence-electron chi connectivity index (χ2n) is 5.22. The van der Waals surface area contributed by atoms with Gasteiger partial charge < -0.3 is 9.64 Å². The summed E-state index contributed by atoms with van der Waals surface area (Å²) in [7, 11) is 0. The van der Waals surface area contributed by atoms with Crippen molar-refractivity contribution in [3.63, 3.8) is 0 Å². The molecule has 1 amide bonds. The molecule has 1 saturated heterocycles. The number of carbonyl (C=O) groups is 1. The first-order chi connectivity index (χ1) is 10.1. The zero-order valence-corrected chi connectivity index (χ0v) is 11.9. The van der Waals surface area contributed by atoms with Crippen LogP contribution in [-0.4, -0.2) is 46.4 Å². The molecule has 0 saturated carbocycles. The van der Waals surface area contributed by atoms with Gasteiger partial charge in [0.15, 0.2) is 0 Å². The maximum absolute atomic E-state index is 12.3. The normalized spacial score (nSPS) is 18.9. The number of aromatic nitrogens is 2. The fraction of sp³-hybridized carbons (Fsp3) is 0.400. The number of fused-ring (bicyclic) bond motifs is 1. The predicted octanol–water partition coefficient (Wildman–Crippen LogP) is 0.644. The average Bonchev–Trinajstić information content (AvgIpc) is 2.50. The van der Waals surface area contributed by atoms with Crippen LogP contribution in [0.4, 0.5) is 0 Å². The lowest BCUT2D eigenvalue weighted by Gasteiger charge is -2.31. The molecule has 2 heterocycles. The molecule has 0 aliphatic carbocycles. The largest absolute Gasteiger partial charge is 0.375 e. The van der Waals surface area contributed by atoms with Crippen LogP contribution >= 0.6 is 0 Å². The highest BCUT2D eigenvalue weighted by Gasteiger charge is 2.22. The number of carbonyl (C=O) groups excluding carboxylic acids is 1. The standard InChI is InChI=1S/C15H17N3O3/c1-11-9-17(6-7-21-11)14(19)10-18-15(20)13-5-3-2-4-12(13)8-16-18/h2-5,8,11H,6-7,9-10H2,1H3. The second-order valence-corrected chi connectivity index (χ2v) is 5.22. The first-order valence-corrected chi connectivity index (χ1v) is 6.99. The number of morpholine rings is 1. The van der Waals surface area contributed by atoms with Crippen molar-refractivity contribution < 1.29 is 9.53 Å². The van der Waals surface area contributed by atoms with Gasteiger partial charge in [0, 0.05) is 18.5 Å². The van der Waals surface area contributed by atoms with Crippen LogP contribution < -0.4 is 5.56 Å². The van der Waals surface area contributed by atoms with Gasteiger partial charge in [-0.2, -0.15) is 5.10 Å². The third-order valence-corrected chi connectivity index (χ3v) is 3.64. The molecule has 1 atom stereocenters. The summed E-state index contributed by atoms with van der Waals surface area (Å²) in [5.41, 5.74) is -0.234. The quantitative estimate of drug-likeness (QED) is 0.813. The highest BCUT2D eigenvalue weighted by Crippen LogP contribution is 2.08. The number of nitrogens with zero attached hydrogens (tertiary/aromatic N) is 3. The molecule has 110 valence electrons. The van der Waals surface area contributed by atoms with E-state index in [1.165, 1.54) is 4.68 Å². The molecule has 1 aliphatic rings. The molecule has 1 aliphatic heterocycles. The molecule has 0 radical (unpaired) electrons. The Kier molecular flexibility index (Phi) is 3.70. The van der Waals surface area contributed by atoms with Crippen LogP contribution in [0.3, 0.4) is 0 Å². The smallest absolute Gasteiger partial charge is 0.275 e. The number of ether oxygens (including phenoxy) is 1. The maximum Gasteiger partial charge on any atom is 0.275 e. The predicted molar refractivity (Wildman–Crippen MR) is 78.0 cm³/mol. The van der Waals surface area contributed by atoms with E-state index in [0.717, 1.165) is 5.39 Å². The number of hydrogen-bond acceptors (Lipinski definition) is 4. The Morgan fingerprint density at radius 1 is 1.43 bits per heavy atom. The van der Waals surface area contributed by atoms with E-state index in [1.807, 2.05) is 19.1 Å². The molecule has 1 aromatic heterocycles. The van der Waals surface area contributed by atoms with Crippen molar-refractivity contribution in [1.29, 1.82) is 0 Å². The Bertz CT molecular complexity index is 725. The average molecular weight is 287 g/mol. The van der Waals surface area contributed by atoms with Gasteiger partial charge in [-0.1, -0.05) is 18.2 Å². The van der Waals surface area contributed by atoms with Crippen molar-refractivity contribution in [3.8, 4) is 0 Å². The van der Waals surface area contributed by atoms with Gasteiger partial charge in [-0.15, -0.1) is 0 Å². The Balaban J connectivity index is 1.83. The van der Waals surface area contributed by atoms with Gasteiger partial charge in [0.25, 0.3) is 5.56 Å². The lowest BCUT2D eigenvalue weighted by Crippen LogP contribution is -2.46. The highest BCUT2D eigenvalue weighted by molar-refractivity contribution is 5.81. The lowest BCUT2D eigenvalue weighted by atomic mass is 10.2. The number of rotatable bonds is 2. The fourth-order valence-corrected chi connectivity index (χ4v) is 2.51. The van der Waals surface area contributed by atoms with E-state index in [9.17, 15) is 9.59 Å². The third-order valence-electron chi connectivity index (χ3n) is 3.64. The fourth-order valence-electron chi connectivity index (χ4n) is 2.51. The van der Waals surface area contributed by atoms with Crippen LogP contribution in [-0.2, 0) is 16.1 Å². The van der Waals surface area contributed by atoms with Crippen molar-refractivity contribution in [2.75, 3.05) is 19.7 Å². The third kappa shape index (κ3) is 2.80. The molecule has 2 aromatic rings. The summed E-state index contributed by atoms with van der Waals surface area (Å²) in [5.74, 6) is -0.102. The van der Waals surface area contributed by atoms with Gasteiger partial charge in [0.05, 0.1) is 24.3 Å². The zero-order valence-electron chi connectivity index (χ0n) is 11.9. The van der Waals surface area contributed by atoms with E-state index in [4.69, 9.17) is 4.74 Å². The summed E-state index contributed by atoms with van der Waals surface area (Å²) in [6, 6.07) is 7.24. The molecular weight excluding hydrogens is 270 g/mol. The molecule has 1 aromatic carbocycles. The van der Waals surface area contributed by atoms with Crippen molar-refractivity contribution in [3.05, 3.63) is 40.8 Å². The van der Waals surface area contributed by atoms with Gasteiger partial charge in [0.2, 0.25) is 5.91 Å². The monoisotopic (exact) mass is 287 g/mol. The first kappa shape index (κ1) is 13.8. The first-order valence-electron chi connectivity index (χ1n) is 6.99. The van der Waals surface area contributed by atoms with Crippen LogP contribution in [0.1, 0.15) is 6.92 Å². The van der Waals surface area contributed by atoms with Crippen LogP contribution in [0, 0.1) is 0 Å². The minimum absolute atomic E-state index is 0.0314. The molecule has 0 N–H and O–H groups in total. The summed E-state index contributed by atoms with van der Waals surface area (Å²) in [6.45, 7) is 3.55.